The lowest BCUT2D eigenvalue weighted by atomic mass is 10.0. The molecule has 5 rings (SSSR count). The molecule has 0 radical (unpaired) electrons. The molecule has 0 bridgehead atoms. The van der Waals surface area contributed by atoms with Crippen molar-refractivity contribution < 1.29 is 18.3 Å². The summed E-state index contributed by atoms with van der Waals surface area (Å²) < 4.78 is 16.2. The Morgan fingerprint density at radius 1 is 1.20 bits per heavy atom. The van der Waals surface area contributed by atoms with Crippen molar-refractivity contribution in [1.29, 1.82) is 0 Å². The van der Waals surface area contributed by atoms with Crippen LogP contribution in [0.5, 0.6) is 0 Å². The Bertz CT molecular complexity index is 1200. The number of carbonyl (C=O) groups excluding carboxylic acids is 1. The van der Waals surface area contributed by atoms with E-state index in [0.29, 0.717) is 45.7 Å². The normalized spacial score (nSPS) is 15.1. The maximum absolute atomic E-state index is 13.3. The third-order valence-corrected chi connectivity index (χ3v) is 5.25. The minimum atomic E-state index is -0.423. The van der Waals surface area contributed by atoms with E-state index in [0.717, 1.165) is 12.8 Å². The topological polar surface area (TPSA) is 120 Å². The molecule has 0 spiro atoms. The van der Waals surface area contributed by atoms with Crippen LogP contribution >= 0.6 is 0 Å². The van der Waals surface area contributed by atoms with Gasteiger partial charge >= 0.3 is 0 Å². The lowest BCUT2D eigenvalue weighted by Crippen LogP contribution is -2.32. The van der Waals surface area contributed by atoms with Crippen LogP contribution in [-0.4, -0.2) is 26.2 Å². The largest absolute Gasteiger partial charge is 0.463 e. The highest BCUT2D eigenvalue weighted by atomic mass is 16.5. The number of fused-ring (bicyclic) bond motifs is 1. The van der Waals surface area contributed by atoms with E-state index in [2.05, 4.69) is 25.6 Å². The summed E-state index contributed by atoms with van der Waals surface area (Å²) in [6, 6.07) is 4.79. The van der Waals surface area contributed by atoms with Crippen LogP contribution in [0.2, 0.25) is 0 Å². The number of hydrogen-bond donors (Lipinski definition) is 1. The van der Waals surface area contributed by atoms with Gasteiger partial charge in [-0.15, -0.1) is 0 Å². The quantitative estimate of drug-likeness (QED) is 0.505. The molecule has 1 amide bonds. The molecule has 154 valence electrons. The number of carbonyl (C=O) groups is 1. The van der Waals surface area contributed by atoms with Gasteiger partial charge < -0.3 is 18.8 Å². The number of nitrogens with zero attached hydrogens (tertiary/aromatic N) is 4. The summed E-state index contributed by atoms with van der Waals surface area (Å²) in [6.45, 7) is 5.76. The lowest BCUT2D eigenvalue weighted by Gasteiger charge is -2.19. The van der Waals surface area contributed by atoms with Crippen LogP contribution in [0.25, 0.3) is 22.6 Å². The van der Waals surface area contributed by atoms with Gasteiger partial charge in [0.05, 0.1) is 22.9 Å². The van der Waals surface area contributed by atoms with Gasteiger partial charge in [0.2, 0.25) is 5.89 Å². The molecule has 1 atom stereocenters. The Balaban J connectivity index is 1.51. The van der Waals surface area contributed by atoms with Crippen molar-refractivity contribution in [1.82, 2.24) is 25.6 Å². The average Bonchev–Trinajstić information content (AvgIpc) is 3.12. The van der Waals surface area contributed by atoms with Crippen molar-refractivity contribution in [2.75, 3.05) is 0 Å². The molecule has 1 unspecified atom stereocenters. The van der Waals surface area contributed by atoms with Gasteiger partial charge in [0.15, 0.2) is 11.6 Å². The van der Waals surface area contributed by atoms with Crippen molar-refractivity contribution in [3.8, 4) is 11.5 Å². The molecule has 0 aliphatic heterocycles. The highest BCUT2D eigenvalue weighted by Gasteiger charge is 2.32. The smallest absolute Gasteiger partial charge is 0.259 e. The Labute approximate surface area is 171 Å². The molecule has 1 fully saturated rings. The molecule has 9 nitrogen and oxygen atoms in total. The SMILES string of the molecule is Cc1noc2nc(-c3ccco3)cc(C(=O)NC(c3nc(C4CC4)no3)C(C)C)c12. The van der Waals surface area contributed by atoms with Crippen LogP contribution in [0.1, 0.15) is 66.4 Å². The molecular weight excluding hydrogens is 386 g/mol. The van der Waals surface area contributed by atoms with E-state index in [1.807, 2.05) is 13.8 Å². The Morgan fingerprint density at radius 3 is 2.73 bits per heavy atom. The number of hydrogen-bond acceptors (Lipinski definition) is 8. The molecule has 4 heterocycles. The zero-order valence-electron chi connectivity index (χ0n) is 16.9. The zero-order chi connectivity index (χ0) is 20.8. The number of furan rings is 1. The van der Waals surface area contributed by atoms with Gasteiger partial charge in [-0.05, 0) is 43.9 Å². The van der Waals surface area contributed by atoms with Crippen LogP contribution in [0.4, 0.5) is 0 Å². The monoisotopic (exact) mass is 407 g/mol. The van der Waals surface area contributed by atoms with Gasteiger partial charge in [0.1, 0.15) is 11.7 Å². The minimum Gasteiger partial charge on any atom is -0.463 e. The minimum absolute atomic E-state index is 0.0481. The second-order valence-electron chi connectivity index (χ2n) is 7.94. The predicted molar refractivity (Wildman–Crippen MR) is 106 cm³/mol. The second-order valence-corrected chi connectivity index (χ2v) is 7.94. The van der Waals surface area contributed by atoms with E-state index in [1.165, 1.54) is 0 Å². The highest BCUT2D eigenvalue weighted by molar-refractivity contribution is 6.07. The maximum Gasteiger partial charge on any atom is 0.259 e. The first kappa shape index (κ1) is 18.5. The first-order valence-corrected chi connectivity index (χ1v) is 9.96. The molecule has 4 aromatic heterocycles. The van der Waals surface area contributed by atoms with Crippen LogP contribution in [0.15, 0.2) is 37.9 Å². The van der Waals surface area contributed by atoms with Crippen LogP contribution in [-0.2, 0) is 0 Å². The van der Waals surface area contributed by atoms with Crippen molar-refractivity contribution in [3.63, 3.8) is 0 Å². The maximum atomic E-state index is 13.3. The van der Waals surface area contributed by atoms with E-state index >= 15 is 0 Å². The van der Waals surface area contributed by atoms with Gasteiger partial charge in [-0.25, -0.2) is 4.98 Å². The molecule has 1 saturated carbocycles. The molecule has 1 aliphatic carbocycles. The summed E-state index contributed by atoms with van der Waals surface area (Å²) in [5, 5.41) is 11.7. The lowest BCUT2D eigenvalue weighted by molar-refractivity contribution is 0.0915. The summed E-state index contributed by atoms with van der Waals surface area (Å²) in [5.41, 5.74) is 1.76. The van der Waals surface area contributed by atoms with Gasteiger partial charge in [-0.2, -0.15) is 4.98 Å². The molecule has 30 heavy (non-hydrogen) atoms. The van der Waals surface area contributed by atoms with Gasteiger partial charge in [0.25, 0.3) is 11.6 Å². The summed E-state index contributed by atoms with van der Waals surface area (Å²) in [7, 11) is 0. The van der Waals surface area contributed by atoms with Crippen LogP contribution in [0.3, 0.4) is 0 Å². The van der Waals surface area contributed by atoms with Gasteiger partial charge in [0, 0.05) is 5.92 Å². The van der Waals surface area contributed by atoms with Crippen molar-refractivity contribution >= 4 is 17.0 Å². The van der Waals surface area contributed by atoms with Gasteiger partial charge in [-0.3, -0.25) is 4.79 Å². The van der Waals surface area contributed by atoms with Crippen LogP contribution in [0, 0.1) is 12.8 Å². The third kappa shape index (κ3) is 3.26. The Kier molecular flexibility index (Phi) is 4.38. The summed E-state index contributed by atoms with van der Waals surface area (Å²) >= 11 is 0. The zero-order valence-corrected chi connectivity index (χ0v) is 16.9. The van der Waals surface area contributed by atoms with Crippen LogP contribution < -0.4 is 5.32 Å². The van der Waals surface area contributed by atoms with E-state index in [-0.39, 0.29) is 17.5 Å². The highest BCUT2D eigenvalue weighted by Crippen LogP contribution is 2.39. The molecule has 1 aliphatic rings. The summed E-state index contributed by atoms with van der Waals surface area (Å²) in [4.78, 5) is 22.3. The fraction of sp³-hybridized carbons (Fsp3) is 0.381. The van der Waals surface area contributed by atoms with Gasteiger partial charge in [-0.1, -0.05) is 24.2 Å². The summed E-state index contributed by atoms with van der Waals surface area (Å²) in [6.07, 6.45) is 3.71. The number of aromatic nitrogens is 4. The number of rotatable bonds is 6. The number of nitrogens with one attached hydrogen (secondary N) is 1. The number of amides is 1. The average molecular weight is 407 g/mol. The van der Waals surface area contributed by atoms with Crippen molar-refractivity contribution in [2.45, 2.75) is 45.6 Å². The standard InChI is InChI=1S/C21H21N5O4/c1-10(2)17(21-24-18(26-30-21)12-6-7-12)23-19(27)13-9-14(15-5-4-8-28-15)22-20-16(13)11(3)25-29-20/h4-5,8-10,12,17H,6-7H2,1-3H3,(H,23,27). The Morgan fingerprint density at radius 2 is 2.03 bits per heavy atom. The van der Waals surface area contributed by atoms with Crippen molar-refractivity contribution in [3.05, 3.63) is 47.4 Å². The molecule has 0 saturated heterocycles. The first-order valence-electron chi connectivity index (χ1n) is 9.96. The fourth-order valence-electron chi connectivity index (χ4n) is 3.44. The molecule has 0 aromatic carbocycles. The van der Waals surface area contributed by atoms with E-state index in [4.69, 9.17) is 13.5 Å². The molecular formula is C21H21N5O4. The fourth-order valence-corrected chi connectivity index (χ4v) is 3.44. The molecule has 1 N–H and O–H groups in total. The van der Waals surface area contributed by atoms with E-state index < -0.39 is 6.04 Å². The van der Waals surface area contributed by atoms with E-state index in [9.17, 15) is 4.79 Å². The Hall–Kier alpha value is -3.49. The van der Waals surface area contributed by atoms with Crippen molar-refractivity contribution in [2.24, 2.45) is 5.92 Å². The number of aryl methyl sites for hydroxylation is 1. The first-order chi connectivity index (χ1) is 14.5. The predicted octanol–water partition coefficient (Wildman–Crippen LogP) is 4.18. The summed E-state index contributed by atoms with van der Waals surface area (Å²) in [5.74, 6) is 1.79. The second kappa shape index (κ2) is 7.08. The number of pyridine rings is 1. The third-order valence-electron chi connectivity index (χ3n) is 5.25. The van der Waals surface area contributed by atoms with E-state index in [1.54, 1.807) is 31.4 Å². The molecule has 9 heteroatoms. The molecule has 4 aromatic rings.